The first kappa shape index (κ1) is 15.0. The van der Waals surface area contributed by atoms with Gasteiger partial charge in [-0.1, -0.05) is 35.9 Å². The molecule has 0 aliphatic carbocycles. The predicted molar refractivity (Wildman–Crippen MR) is 82.0 cm³/mol. The molecule has 1 N–H and O–H groups in total. The van der Waals surface area contributed by atoms with Crippen molar-refractivity contribution >= 4 is 32.7 Å². The Morgan fingerprint density at radius 2 is 1.91 bits per heavy atom. The van der Waals surface area contributed by atoms with Gasteiger partial charge in [0.25, 0.3) is 0 Å². The summed E-state index contributed by atoms with van der Waals surface area (Å²) < 4.78 is 32.3. The normalized spacial score (nSPS) is 13.4. The number of hydrogen-bond donors (Lipinski definition) is 1. The second-order valence-electron chi connectivity index (χ2n) is 4.75. The highest BCUT2D eigenvalue weighted by molar-refractivity contribution is 7.89. The van der Waals surface area contributed by atoms with E-state index < -0.39 is 16.1 Å². The van der Waals surface area contributed by atoms with Crippen LogP contribution in [0, 0.1) is 0 Å². The van der Waals surface area contributed by atoms with Crippen LogP contribution in [0.2, 0.25) is 5.02 Å². The molecule has 0 aliphatic heterocycles. The van der Waals surface area contributed by atoms with Crippen LogP contribution in [0.3, 0.4) is 0 Å². The zero-order chi connectivity index (χ0) is 15.7. The Kier molecular flexibility index (Phi) is 3.86. The van der Waals surface area contributed by atoms with E-state index in [-0.39, 0.29) is 10.4 Å². The molecule has 0 saturated heterocycles. The molecule has 0 fully saturated rings. The molecule has 1 atom stereocenters. The summed E-state index contributed by atoms with van der Waals surface area (Å²) in [4.78, 5) is 0.0187. The highest BCUT2D eigenvalue weighted by Crippen LogP contribution is 2.25. The minimum Gasteiger partial charge on any atom is -0.243 e. The van der Waals surface area contributed by atoms with E-state index in [1.54, 1.807) is 43.3 Å². The van der Waals surface area contributed by atoms with Crippen LogP contribution < -0.4 is 4.72 Å². The van der Waals surface area contributed by atoms with Crippen LogP contribution in [0.25, 0.3) is 11.0 Å². The fraction of sp³-hybridized carbons (Fsp3) is 0.143. The predicted octanol–water partition coefficient (Wildman–Crippen LogP) is 2.92. The van der Waals surface area contributed by atoms with E-state index in [9.17, 15) is 8.42 Å². The monoisotopic (exact) mass is 337 g/mol. The second kappa shape index (κ2) is 5.68. The molecule has 6 nitrogen and oxygen atoms in total. The summed E-state index contributed by atoms with van der Waals surface area (Å²) in [5.74, 6) is 0. The van der Waals surface area contributed by atoms with Gasteiger partial charge in [0.1, 0.15) is 10.4 Å². The fourth-order valence-corrected chi connectivity index (χ4v) is 3.86. The van der Waals surface area contributed by atoms with Gasteiger partial charge in [-0.05, 0) is 41.0 Å². The van der Waals surface area contributed by atoms with E-state index >= 15 is 0 Å². The Balaban J connectivity index is 1.97. The molecule has 0 saturated carbocycles. The van der Waals surface area contributed by atoms with Crippen molar-refractivity contribution in [1.29, 1.82) is 0 Å². The maximum atomic E-state index is 12.6. The number of fused-ring (bicyclic) bond motifs is 1. The third kappa shape index (κ3) is 2.70. The SMILES string of the molecule is C[C@@H](NS(=O)(=O)c1cccc2nonc12)c1ccccc1Cl. The van der Waals surface area contributed by atoms with Gasteiger partial charge in [0.05, 0.1) is 0 Å². The van der Waals surface area contributed by atoms with Crippen molar-refractivity contribution in [3.8, 4) is 0 Å². The van der Waals surface area contributed by atoms with Gasteiger partial charge >= 0.3 is 0 Å². The van der Waals surface area contributed by atoms with Crippen molar-refractivity contribution in [1.82, 2.24) is 15.0 Å². The smallest absolute Gasteiger partial charge is 0.243 e. The number of nitrogens with one attached hydrogen (secondary N) is 1. The van der Waals surface area contributed by atoms with Crippen molar-refractivity contribution in [3.63, 3.8) is 0 Å². The fourth-order valence-electron chi connectivity index (χ4n) is 2.18. The molecule has 1 heterocycles. The molecule has 1 aromatic heterocycles. The van der Waals surface area contributed by atoms with Crippen LogP contribution in [0.15, 0.2) is 52.0 Å². The van der Waals surface area contributed by atoms with Gasteiger partial charge in [-0.3, -0.25) is 0 Å². The van der Waals surface area contributed by atoms with E-state index in [1.807, 2.05) is 0 Å². The quantitative estimate of drug-likeness (QED) is 0.791. The van der Waals surface area contributed by atoms with Crippen LogP contribution in [0.5, 0.6) is 0 Å². The molecule has 0 aliphatic rings. The van der Waals surface area contributed by atoms with E-state index in [4.69, 9.17) is 11.6 Å². The largest absolute Gasteiger partial charge is 0.243 e. The van der Waals surface area contributed by atoms with Crippen LogP contribution >= 0.6 is 11.6 Å². The van der Waals surface area contributed by atoms with Gasteiger partial charge in [-0.15, -0.1) is 0 Å². The summed E-state index contributed by atoms with van der Waals surface area (Å²) in [5, 5.41) is 7.80. The van der Waals surface area contributed by atoms with Crippen molar-refractivity contribution in [2.75, 3.05) is 0 Å². The number of hydrogen-bond acceptors (Lipinski definition) is 5. The third-order valence-electron chi connectivity index (χ3n) is 3.24. The van der Waals surface area contributed by atoms with Gasteiger partial charge in [-0.25, -0.2) is 17.8 Å². The second-order valence-corrected chi connectivity index (χ2v) is 6.84. The molecule has 2 aromatic carbocycles. The molecular formula is C14H12ClN3O3S. The summed E-state index contributed by atoms with van der Waals surface area (Å²) in [5.41, 5.74) is 1.27. The molecule has 0 radical (unpaired) electrons. The van der Waals surface area contributed by atoms with Gasteiger partial charge in [0.15, 0.2) is 5.52 Å². The molecule has 0 spiro atoms. The van der Waals surface area contributed by atoms with Gasteiger partial charge in [-0.2, -0.15) is 0 Å². The Morgan fingerprint density at radius 1 is 1.14 bits per heavy atom. The maximum Gasteiger partial charge on any atom is 0.243 e. The van der Waals surface area contributed by atoms with Crippen molar-refractivity contribution in [2.24, 2.45) is 0 Å². The Bertz CT molecular complexity index is 924. The molecule has 3 aromatic rings. The van der Waals surface area contributed by atoms with Crippen molar-refractivity contribution in [2.45, 2.75) is 17.9 Å². The Labute approximate surface area is 132 Å². The highest BCUT2D eigenvalue weighted by Gasteiger charge is 2.23. The van der Waals surface area contributed by atoms with Crippen LogP contribution in [-0.4, -0.2) is 18.7 Å². The van der Waals surface area contributed by atoms with Gasteiger partial charge in [0.2, 0.25) is 10.0 Å². The summed E-state index contributed by atoms with van der Waals surface area (Å²) in [6.45, 7) is 1.72. The van der Waals surface area contributed by atoms with Crippen LogP contribution in [0.1, 0.15) is 18.5 Å². The molecule has 8 heteroatoms. The molecule has 22 heavy (non-hydrogen) atoms. The van der Waals surface area contributed by atoms with E-state index in [2.05, 4.69) is 19.7 Å². The first-order valence-electron chi connectivity index (χ1n) is 6.47. The van der Waals surface area contributed by atoms with Crippen molar-refractivity contribution in [3.05, 3.63) is 53.1 Å². The van der Waals surface area contributed by atoms with E-state index in [1.165, 1.54) is 6.07 Å². The Morgan fingerprint density at radius 3 is 2.68 bits per heavy atom. The van der Waals surface area contributed by atoms with Crippen LogP contribution in [-0.2, 0) is 10.0 Å². The minimum absolute atomic E-state index is 0.0187. The number of sulfonamides is 1. The summed E-state index contributed by atoms with van der Waals surface area (Å²) >= 11 is 6.10. The lowest BCUT2D eigenvalue weighted by Gasteiger charge is -2.15. The van der Waals surface area contributed by atoms with Gasteiger partial charge < -0.3 is 0 Å². The first-order chi connectivity index (χ1) is 10.5. The molecule has 0 unspecified atom stereocenters. The summed E-state index contributed by atoms with van der Waals surface area (Å²) in [6, 6.07) is 11.2. The molecule has 3 rings (SSSR count). The molecule has 0 amide bonds. The lowest BCUT2D eigenvalue weighted by atomic mass is 10.1. The first-order valence-corrected chi connectivity index (χ1v) is 8.33. The van der Waals surface area contributed by atoms with Crippen LogP contribution in [0.4, 0.5) is 0 Å². The average molecular weight is 338 g/mol. The zero-order valence-electron chi connectivity index (χ0n) is 11.5. The summed E-state index contributed by atoms with van der Waals surface area (Å²) in [7, 11) is -3.79. The van der Waals surface area contributed by atoms with Crippen molar-refractivity contribution < 1.29 is 13.0 Å². The number of aromatic nitrogens is 2. The molecule has 0 bridgehead atoms. The number of halogens is 1. The number of benzene rings is 2. The lowest BCUT2D eigenvalue weighted by Crippen LogP contribution is -2.27. The Hall–Kier alpha value is -1.96. The third-order valence-corrected chi connectivity index (χ3v) is 5.16. The van der Waals surface area contributed by atoms with Gasteiger partial charge in [0, 0.05) is 11.1 Å². The highest BCUT2D eigenvalue weighted by atomic mass is 35.5. The minimum atomic E-state index is -3.79. The van der Waals surface area contributed by atoms with E-state index in [0.717, 1.165) is 0 Å². The number of nitrogens with zero attached hydrogens (tertiary/aromatic N) is 2. The average Bonchev–Trinajstić information content (AvgIpc) is 2.95. The topological polar surface area (TPSA) is 85.1 Å². The maximum absolute atomic E-state index is 12.6. The van der Waals surface area contributed by atoms with E-state index in [0.29, 0.717) is 16.1 Å². The standard InChI is InChI=1S/C14H12ClN3O3S/c1-9(10-5-2-3-6-11(10)15)18-22(19,20)13-8-4-7-12-14(13)17-21-16-12/h2-9,18H,1H3/t9-/m1/s1. The molecular weight excluding hydrogens is 326 g/mol. The lowest BCUT2D eigenvalue weighted by molar-refractivity contribution is 0.315. The zero-order valence-corrected chi connectivity index (χ0v) is 13.1. The summed E-state index contributed by atoms with van der Waals surface area (Å²) in [6.07, 6.45) is 0. The molecule has 114 valence electrons. The number of rotatable bonds is 4.